The molecular formula is C29H30F2N6O2. The summed E-state index contributed by atoms with van der Waals surface area (Å²) in [4.78, 5) is 25.0. The van der Waals surface area contributed by atoms with Crippen LogP contribution in [0.1, 0.15) is 63.3 Å². The molecule has 0 bridgehead atoms. The topological polar surface area (TPSA) is 107 Å². The number of nitrogens with zero attached hydrogens (tertiary/aromatic N) is 6. The lowest BCUT2D eigenvalue weighted by atomic mass is 9.80. The summed E-state index contributed by atoms with van der Waals surface area (Å²) in [6.45, 7) is 5.54. The Hall–Kier alpha value is -4.31. The van der Waals surface area contributed by atoms with Gasteiger partial charge in [0.2, 0.25) is 0 Å². The zero-order valence-corrected chi connectivity index (χ0v) is 22.6. The van der Waals surface area contributed by atoms with Crippen molar-refractivity contribution in [2.45, 2.75) is 58.1 Å². The molecule has 0 aliphatic heterocycles. The van der Waals surface area contributed by atoms with Gasteiger partial charge in [0.1, 0.15) is 46.1 Å². The largest absolute Gasteiger partial charge is 0.390 e. The fourth-order valence-electron chi connectivity index (χ4n) is 5.07. The monoisotopic (exact) mass is 532 g/mol. The summed E-state index contributed by atoms with van der Waals surface area (Å²) in [6.07, 6.45) is 2.60. The molecule has 0 atom stereocenters. The number of hydrogen-bond donors (Lipinski definition) is 0. The molecule has 4 rings (SSSR count). The van der Waals surface area contributed by atoms with Gasteiger partial charge in [-0.1, -0.05) is 5.16 Å². The fraction of sp³-hybridized carbons (Fsp3) is 0.414. The van der Waals surface area contributed by atoms with Gasteiger partial charge in [-0.15, -0.1) is 0 Å². The fourth-order valence-corrected chi connectivity index (χ4v) is 5.07. The molecule has 0 radical (unpaired) electrons. The minimum atomic E-state index is -0.687. The van der Waals surface area contributed by atoms with E-state index in [9.17, 15) is 24.1 Å². The first-order chi connectivity index (χ1) is 18.4. The summed E-state index contributed by atoms with van der Waals surface area (Å²) < 4.78 is 29.5. The van der Waals surface area contributed by atoms with Gasteiger partial charge in [0, 0.05) is 37.7 Å². The van der Waals surface area contributed by atoms with Crippen molar-refractivity contribution in [1.82, 2.24) is 9.55 Å². The highest BCUT2D eigenvalue weighted by Gasteiger charge is 2.32. The molecule has 1 aliphatic rings. The number of aromatic nitrogens is 2. The lowest BCUT2D eigenvalue weighted by Gasteiger charge is -2.37. The first-order valence-electron chi connectivity index (χ1n) is 12.7. The molecule has 1 fully saturated rings. The van der Waals surface area contributed by atoms with Crippen LogP contribution in [0.25, 0.3) is 11.0 Å². The van der Waals surface area contributed by atoms with E-state index in [1.165, 1.54) is 16.7 Å². The first-order valence-corrected chi connectivity index (χ1v) is 12.7. The number of oxime groups is 1. The minimum Gasteiger partial charge on any atom is -0.390 e. The first kappa shape index (κ1) is 27.7. The number of pyridine rings is 2. The average Bonchev–Trinajstić information content (AvgIpc) is 2.89. The SMILES string of the molecule is CN(c1c(C#N)c(=O)n(C)c2ccc(C#N)nc12)C1CCC(/C(=N/OC(C)(C)C)c2cc(F)cc(F)c2)CC1. The zero-order valence-electron chi connectivity index (χ0n) is 22.6. The summed E-state index contributed by atoms with van der Waals surface area (Å²) in [5.41, 5.74) is 1.29. The van der Waals surface area contributed by atoms with Crippen molar-refractivity contribution < 1.29 is 13.6 Å². The third kappa shape index (κ3) is 5.75. The maximum absolute atomic E-state index is 14.1. The predicted molar refractivity (Wildman–Crippen MR) is 144 cm³/mol. The van der Waals surface area contributed by atoms with Crippen molar-refractivity contribution in [2.24, 2.45) is 18.1 Å². The summed E-state index contributed by atoms with van der Waals surface area (Å²) in [6, 6.07) is 10.6. The number of fused-ring (bicyclic) bond motifs is 1. The van der Waals surface area contributed by atoms with Crippen molar-refractivity contribution in [3.63, 3.8) is 0 Å². The quantitative estimate of drug-likeness (QED) is 0.331. The van der Waals surface area contributed by atoms with Crippen molar-refractivity contribution in [2.75, 3.05) is 11.9 Å². The normalized spacial score (nSPS) is 17.9. The van der Waals surface area contributed by atoms with Gasteiger partial charge >= 0.3 is 0 Å². The number of anilines is 1. The van der Waals surface area contributed by atoms with Crippen LogP contribution in [0.2, 0.25) is 0 Å². The molecule has 202 valence electrons. The third-order valence-electron chi connectivity index (χ3n) is 7.00. The standard InChI is InChI=1S/C29H30F2N6O2/c1-29(2,3)39-35-25(18-12-19(30)14-20(31)13-18)17-6-9-22(10-7-17)36(4)27-23(16-33)28(38)37(5)24-11-8-21(15-32)34-26(24)27/h8,11-14,17,22H,6-7,9-10H2,1-5H3/b35-25-. The van der Waals surface area contributed by atoms with Gasteiger partial charge in [-0.05, 0) is 70.7 Å². The van der Waals surface area contributed by atoms with E-state index in [0.717, 1.165) is 6.07 Å². The van der Waals surface area contributed by atoms with Gasteiger partial charge in [-0.2, -0.15) is 10.5 Å². The highest BCUT2D eigenvalue weighted by atomic mass is 19.1. The van der Waals surface area contributed by atoms with Crippen LogP contribution in [0, 0.1) is 40.2 Å². The lowest BCUT2D eigenvalue weighted by molar-refractivity contribution is -0.0000316. The van der Waals surface area contributed by atoms with Gasteiger partial charge in [-0.3, -0.25) is 4.79 Å². The van der Waals surface area contributed by atoms with E-state index in [4.69, 9.17) is 4.84 Å². The minimum absolute atomic E-state index is 0.0340. The van der Waals surface area contributed by atoms with Crippen LogP contribution >= 0.6 is 0 Å². The number of aryl methyl sites for hydroxylation is 1. The van der Waals surface area contributed by atoms with Gasteiger partial charge in [0.15, 0.2) is 0 Å². The van der Waals surface area contributed by atoms with Crippen LogP contribution in [-0.2, 0) is 11.9 Å². The van der Waals surface area contributed by atoms with Crippen LogP contribution in [0.15, 0.2) is 40.3 Å². The van der Waals surface area contributed by atoms with Crippen molar-refractivity contribution >= 4 is 22.4 Å². The summed E-state index contributed by atoms with van der Waals surface area (Å²) in [5, 5.41) is 23.6. The molecule has 0 amide bonds. The van der Waals surface area contributed by atoms with Crippen LogP contribution in [-0.4, -0.2) is 34.0 Å². The Morgan fingerprint density at radius 1 is 1.10 bits per heavy atom. The van der Waals surface area contributed by atoms with Crippen molar-refractivity contribution in [1.29, 1.82) is 10.5 Å². The van der Waals surface area contributed by atoms with Gasteiger partial charge in [-0.25, -0.2) is 13.8 Å². The van der Waals surface area contributed by atoms with E-state index in [-0.39, 0.29) is 23.2 Å². The zero-order chi connectivity index (χ0) is 28.5. The highest BCUT2D eigenvalue weighted by molar-refractivity contribution is 6.02. The predicted octanol–water partition coefficient (Wildman–Crippen LogP) is 5.17. The maximum atomic E-state index is 14.1. The Morgan fingerprint density at radius 2 is 1.74 bits per heavy atom. The molecule has 0 spiro atoms. The van der Waals surface area contributed by atoms with Crippen molar-refractivity contribution in [3.8, 4) is 12.1 Å². The highest BCUT2D eigenvalue weighted by Crippen LogP contribution is 2.35. The van der Waals surface area contributed by atoms with E-state index in [0.29, 0.717) is 53.7 Å². The van der Waals surface area contributed by atoms with Gasteiger partial charge in [0.25, 0.3) is 5.56 Å². The Bertz CT molecular complexity index is 1560. The molecule has 1 saturated carbocycles. The molecular weight excluding hydrogens is 502 g/mol. The molecule has 1 aliphatic carbocycles. The third-order valence-corrected chi connectivity index (χ3v) is 7.00. The van der Waals surface area contributed by atoms with Crippen LogP contribution in [0.4, 0.5) is 14.5 Å². The van der Waals surface area contributed by atoms with E-state index < -0.39 is 22.8 Å². The Balaban J connectivity index is 1.67. The second-order valence-corrected chi connectivity index (χ2v) is 10.8. The smallest absolute Gasteiger partial charge is 0.270 e. The van der Waals surface area contributed by atoms with Crippen LogP contribution < -0.4 is 10.5 Å². The van der Waals surface area contributed by atoms with Gasteiger partial charge in [0.05, 0.1) is 16.9 Å². The second-order valence-electron chi connectivity index (χ2n) is 10.8. The van der Waals surface area contributed by atoms with E-state index in [1.807, 2.05) is 44.9 Å². The maximum Gasteiger partial charge on any atom is 0.270 e. The molecule has 39 heavy (non-hydrogen) atoms. The number of rotatable bonds is 5. The molecule has 3 aromatic rings. The molecule has 0 unspecified atom stereocenters. The molecule has 1 aromatic carbocycles. The molecule has 2 heterocycles. The summed E-state index contributed by atoms with van der Waals surface area (Å²) in [7, 11) is 3.39. The second kappa shape index (κ2) is 10.8. The number of benzene rings is 1. The lowest BCUT2D eigenvalue weighted by Crippen LogP contribution is -2.39. The Kier molecular flexibility index (Phi) is 7.69. The molecule has 0 saturated heterocycles. The van der Waals surface area contributed by atoms with E-state index in [1.54, 1.807) is 19.2 Å². The summed E-state index contributed by atoms with van der Waals surface area (Å²) >= 11 is 0. The Morgan fingerprint density at radius 3 is 2.31 bits per heavy atom. The van der Waals surface area contributed by atoms with Crippen LogP contribution in [0.5, 0.6) is 0 Å². The average molecular weight is 533 g/mol. The molecule has 0 N–H and O–H groups in total. The Labute approximate surface area is 225 Å². The summed E-state index contributed by atoms with van der Waals surface area (Å²) in [5.74, 6) is -1.49. The molecule has 2 aromatic heterocycles. The number of nitriles is 2. The molecule has 8 nitrogen and oxygen atoms in total. The number of halogens is 2. The number of hydrogen-bond acceptors (Lipinski definition) is 7. The molecule has 10 heteroatoms. The van der Waals surface area contributed by atoms with Crippen LogP contribution in [0.3, 0.4) is 0 Å². The van der Waals surface area contributed by atoms with E-state index in [2.05, 4.69) is 10.1 Å². The van der Waals surface area contributed by atoms with Gasteiger partial charge < -0.3 is 14.3 Å². The van der Waals surface area contributed by atoms with E-state index >= 15 is 0 Å². The van der Waals surface area contributed by atoms with Crippen molar-refractivity contribution in [3.05, 3.63) is 69.1 Å².